The normalized spacial score (nSPS) is 10.8. The number of rotatable bonds is 7. The number of fused-ring (bicyclic) bond motifs is 1. The van der Waals surface area contributed by atoms with Crippen LogP contribution in [0.2, 0.25) is 10.0 Å². The van der Waals surface area contributed by atoms with Gasteiger partial charge in [0.15, 0.2) is 12.3 Å². The molecular formula is C23H17Cl2N3O6. The lowest BCUT2D eigenvalue weighted by Crippen LogP contribution is -2.20. The predicted molar refractivity (Wildman–Crippen MR) is 125 cm³/mol. The molecule has 9 nitrogen and oxygen atoms in total. The van der Waals surface area contributed by atoms with Gasteiger partial charge in [0.2, 0.25) is 0 Å². The Morgan fingerprint density at radius 2 is 1.85 bits per heavy atom. The second kappa shape index (κ2) is 9.98. The SMILES string of the molecule is Cc1cc2nc(COC(=O)c3ccc(Cl)c(NC(=O)COc4ccc(Cl)cc4)c3)cc(=O)n2o1. The molecule has 34 heavy (non-hydrogen) atoms. The van der Waals surface area contributed by atoms with E-state index in [4.69, 9.17) is 37.2 Å². The van der Waals surface area contributed by atoms with Crippen molar-refractivity contribution in [2.45, 2.75) is 13.5 Å². The summed E-state index contributed by atoms with van der Waals surface area (Å²) in [7, 11) is 0. The van der Waals surface area contributed by atoms with Crippen molar-refractivity contribution in [3.8, 4) is 5.75 Å². The smallest absolute Gasteiger partial charge is 0.338 e. The molecule has 1 amide bonds. The van der Waals surface area contributed by atoms with E-state index in [-0.39, 0.29) is 35.2 Å². The first-order valence-corrected chi connectivity index (χ1v) is 10.7. The molecule has 2 aromatic carbocycles. The lowest BCUT2D eigenvalue weighted by molar-refractivity contribution is -0.118. The molecule has 0 aliphatic heterocycles. The second-order valence-corrected chi connectivity index (χ2v) is 7.99. The number of aromatic nitrogens is 2. The number of hydrogen-bond acceptors (Lipinski definition) is 7. The van der Waals surface area contributed by atoms with Crippen molar-refractivity contribution in [2.24, 2.45) is 0 Å². The quantitative estimate of drug-likeness (QED) is 0.376. The number of anilines is 1. The first-order chi connectivity index (χ1) is 16.3. The summed E-state index contributed by atoms with van der Waals surface area (Å²) in [6.07, 6.45) is 0. The van der Waals surface area contributed by atoms with Crippen LogP contribution in [0.3, 0.4) is 0 Å². The summed E-state index contributed by atoms with van der Waals surface area (Å²) >= 11 is 12.0. The molecule has 0 bridgehead atoms. The molecule has 11 heteroatoms. The summed E-state index contributed by atoms with van der Waals surface area (Å²) < 4.78 is 16.9. The molecule has 0 unspecified atom stereocenters. The Labute approximate surface area is 202 Å². The van der Waals surface area contributed by atoms with Crippen LogP contribution in [0.4, 0.5) is 5.69 Å². The molecule has 0 radical (unpaired) electrons. The Morgan fingerprint density at radius 1 is 1.09 bits per heavy atom. The lowest BCUT2D eigenvalue weighted by atomic mass is 10.2. The van der Waals surface area contributed by atoms with Gasteiger partial charge in [-0.25, -0.2) is 9.78 Å². The summed E-state index contributed by atoms with van der Waals surface area (Å²) in [5, 5.41) is 3.37. The fourth-order valence-electron chi connectivity index (χ4n) is 2.98. The monoisotopic (exact) mass is 501 g/mol. The molecule has 0 atom stereocenters. The maximum Gasteiger partial charge on any atom is 0.338 e. The van der Waals surface area contributed by atoms with Crippen molar-refractivity contribution < 1.29 is 23.6 Å². The van der Waals surface area contributed by atoms with Crippen LogP contribution in [0, 0.1) is 6.92 Å². The van der Waals surface area contributed by atoms with Crippen LogP contribution in [0.1, 0.15) is 21.8 Å². The average Bonchev–Trinajstić information content (AvgIpc) is 3.19. The average molecular weight is 502 g/mol. The number of esters is 1. The van der Waals surface area contributed by atoms with Crippen LogP contribution in [0.25, 0.3) is 5.65 Å². The van der Waals surface area contributed by atoms with Crippen molar-refractivity contribution in [1.29, 1.82) is 0 Å². The van der Waals surface area contributed by atoms with Crippen molar-refractivity contribution in [1.82, 2.24) is 9.56 Å². The van der Waals surface area contributed by atoms with Crippen molar-refractivity contribution in [2.75, 3.05) is 11.9 Å². The van der Waals surface area contributed by atoms with Gasteiger partial charge in [0.1, 0.15) is 18.1 Å². The summed E-state index contributed by atoms with van der Waals surface area (Å²) in [6, 6.07) is 13.7. The summed E-state index contributed by atoms with van der Waals surface area (Å²) in [5.41, 5.74) is 0.513. The summed E-state index contributed by atoms with van der Waals surface area (Å²) in [4.78, 5) is 41.1. The number of nitrogens with zero attached hydrogens (tertiary/aromatic N) is 2. The first kappa shape index (κ1) is 23.3. The third kappa shape index (κ3) is 5.56. The third-order valence-electron chi connectivity index (χ3n) is 4.53. The van der Waals surface area contributed by atoms with E-state index in [1.165, 1.54) is 24.3 Å². The standard InChI is InChI=1S/C23H17Cl2N3O6/c1-13-8-20-26-16(10-22(30)28(20)34-13)11-33-23(31)14-2-7-18(25)19(9-14)27-21(29)12-32-17-5-3-15(24)4-6-17/h2-10H,11-12H2,1H3,(H,27,29). The van der Waals surface area contributed by atoms with Crippen LogP contribution >= 0.6 is 23.2 Å². The zero-order valence-electron chi connectivity index (χ0n) is 17.7. The van der Waals surface area contributed by atoms with E-state index in [2.05, 4.69) is 10.3 Å². The lowest BCUT2D eigenvalue weighted by Gasteiger charge is -2.11. The highest BCUT2D eigenvalue weighted by atomic mass is 35.5. The highest BCUT2D eigenvalue weighted by molar-refractivity contribution is 6.34. The van der Waals surface area contributed by atoms with Crippen molar-refractivity contribution in [3.05, 3.63) is 92.0 Å². The minimum atomic E-state index is -0.685. The molecule has 2 heterocycles. The van der Waals surface area contributed by atoms with Crippen LogP contribution in [0.5, 0.6) is 5.75 Å². The topological polar surface area (TPSA) is 112 Å². The fourth-order valence-corrected chi connectivity index (χ4v) is 3.28. The number of ether oxygens (including phenoxy) is 2. The van der Waals surface area contributed by atoms with E-state index in [0.717, 1.165) is 4.57 Å². The van der Waals surface area contributed by atoms with E-state index >= 15 is 0 Å². The zero-order chi connectivity index (χ0) is 24.2. The molecule has 0 fully saturated rings. The van der Waals surface area contributed by atoms with Crippen LogP contribution in [-0.4, -0.2) is 28.0 Å². The van der Waals surface area contributed by atoms with Gasteiger partial charge in [0.05, 0.1) is 22.0 Å². The third-order valence-corrected chi connectivity index (χ3v) is 5.12. The Kier molecular flexibility index (Phi) is 6.85. The van der Waals surface area contributed by atoms with Gasteiger partial charge in [0, 0.05) is 17.2 Å². The molecule has 174 valence electrons. The molecule has 2 aromatic heterocycles. The first-order valence-electron chi connectivity index (χ1n) is 9.93. The van der Waals surface area contributed by atoms with Crippen LogP contribution in [0.15, 0.2) is 63.9 Å². The molecule has 0 saturated carbocycles. The molecule has 1 N–H and O–H groups in total. The Balaban J connectivity index is 1.38. The maximum absolute atomic E-state index is 12.5. The van der Waals surface area contributed by atoms with Gasteiger partial charge in [-0.15, -0.1) is 4.57 Å². The van der Waals surface area contributed by atoms with Gasteiger partial charge in [-0.3, -0.25) is 9.59 Å². The Hall–Kier alpha value is -3.82. The molecule has 4 aromatic rings. The largest absolute Gasteiger partial charge is 0.484 e. The minimum Gasteiger partial charge on any atom is -0.484 e. The number of benzene rings is 2. The number of carbonyl (C=O) groups excluding carboxylic acids is 2. The molecule has 0 saturated heterocycles. The van der Waals surface area contributed by atoms with E-state index in [1.807, 2.05) is 0 Å². The second-order valence-electron chi connectivity index (χ2n) is 7.15. The van der Waals surface area contributed by atoms with Crippen molar-refractivity contribution >= 4 is 46.4 Å². The van der Waals surface area contributed by atoms with E-state index in [9.17, 15) is 14.4 Å². The summed E-state index contributed by atoms with van der Waals surface area (Å²) in [6.45, 7) is 1.19. The van der Waals surface area contributed by atoms with Crippen LogP contribution in [-0.2, 0) is 16.1 Å². The number of carbonyl (C=O) groups is 2. The number of aryl methyl sites for hydroxylation is 1. The number of nitrogens with one attached hydrogen (secondary N) is 1. The minimum absolute atomic E-state index is 0.148. The maximum atomic E-state index is 12.5. The van der Waals surface area contributed by atoms with Crippen LogP contribution < -0.4 is 15.6 Å². The zero-order valence-corrected chi connectivity index (χ0v) is 19.2. The molecule has 0 spiro atoms. The molecular weight excluding hydrogens is 485 g/mol. The highest BCUT2D eigenvalue weighted by Gasteiger charge is 2.14. The fraction of sp³-hybridized carbons (Fsp3) is 0.130. The van der Waals surface area contributed by atoms with E-state index in [0.29, 0.717) is 22.2 Å². The van der Waals surface area contributed by atoms with E-state index in [1.54, 1.807) is 37.3 Å². The molecule has 4 rings (SSSR count). The highest BCUT2D eigenvalue weighted by Crippen LogP contribution is 2.24. The van der Waals surface area contributed by atoms with Crippen molar-refractivity contribution in [3.63, 3.8) is 0 Å². The van der Waals surface area contributed by atoms with Gasteiger partial charge in [-0.2, -0.15) is 0 Å². The van der Waals surface area contributed by atoms with Gasteiger partial charge < -0.3 is 19.3 Å². The van der Waals surface area contributed by atoms with Gasteiger partial charge >= 0.3 is 5.97 Å². The molecule has 0 aliphatic carbocycles. The molecule has 0 aliphatic rings. The number of hydrogen-bond donors (Lipinski definition) is 1. The van der Waals surface area contributed by atoms with Gasteiger partial charge in [0.25, 0.3) is 11.5 Å². The number of amides is 1. The summed E-state index contributed by atoms with van der Waals surface area (Å²) in [5.74, 6) is -0.168. The van der Waals surface area contributed by atoms with Gasteiger partial charge in [-0.1, -0.05) is 23.2 Å². The number of halogens is 2. The van der Waals surface area contributed by atoms with Gasteiger partial charge in [-0.05, 0) is 49.4 Å². The Morgan fingerprint density at radius 3 is 2.62 bits per heavy atom. The Bertz CT molecular complexity index is 1430. The van der Waals surface area contributed by atoms with E-state index < -0.39 is 17.4 Å². The predicted octanol–water partition coefficient (Wildman–Crippen LogP) is 4.28.